The highest BCUT2D eigenvalue weighted by Crippen LogP contribution is 2.29. The summed E-state index contributed by atoms with van der Waals surface area (Å²) in [4.78, 5) is 32.9. The van der Waals surface area contributed by atoms with Crippen LogP contribution in [0.5, 0.6) is 11.5 Å². The lowest BCUT2D eigenvalue weighted by Crippen LogP contribution is -2.33. The summed E-state index contributed by atoms with van der Waals surface area (Å²) in [6.07, 6.45) is 1.49. The second-order valence-electron chi connectivity index (χ2n) is 6.77. The number of methoxy groups -OCH3 is 2. The van der Waals surface area contributed by atoms with Gasteiger partial charge in [-0.1, -0.05) is 24.3 Å². The number of rotatable bonds is 6. The van der Waals surface area contributed by atoms with Crippen molar-refractivity contribution < 1.29 is 34.1 Å². The van der Waals surface area contributed by atoms with Gasteiger partial charge < -0.3 is 25.0 Å². The van der Waals surface area contributed by atoms with Gasteiger partial charge in [0.1, 0.15) is 11.5 Å². The van der Waals surface area contributed by atoms with Gasteiger partial charge >= 0.3 is 11.9 Å². The summed E-state index contributed by atoms with van der Waals surface area (Å²) in [7, 11) is 3.18. The Kier molecular flexibility index (Phi) is 8.83. The Balaban J connectivity index is 0.000000501. The lowest BCUT2D eigenvalue weighted by Gasteiger charge is -2.28. The molecule has 1 heterocycles. The van der Waals surface area contributed by atoms with Crippen LogP contribution in [-0.2, 0) is 27.3 Å². The smallest absolute Gasteiger partial charge is 0.414 e. The van der Waals surface area contributed by atoms with Crippen LogP contribution < -0.4 is 14.8 Å². The number of carbonyl (C=O) groups excluding carboxylic acids is 1. The minimum atomic E-state index is -1.82. The van der Waals surface area contributed by atoms with E-state index in [0.29, 0.717) is 23.6 Å². The van der Waals surface area contributed by atoms with Crippen LogP contribution in [0.15, 0.2) is 42.5 Å². The molecule has 2 aromatic carbocycles. The van der Waals surface area contributed by atoms with Crippen LogP contribution in [0.25, 0.3) is 0 Å². The van der Waals surface area contributed by atoms with Crippen LogP contribution in [0.2, 0.25) is 0 Å². The maximum atomic E-state index is 12.3. The van der Waals surface area contributed by atoms with E-state index in [1.807, 2.05) is 0 Å². The quantitative estimate of drug-likeness (QED) is 0.596. The summed E-state index contributed by atoms with van der Waals surface area (Å²) in [5.41, 5.74) is 3.42. The van der Waals surface area contributed by atoms with Gasteiger partial charge in [0.05, 0.1) is 19.9 Å². The van der Waals surface area contributed by atoms with E-state index in [1.54, 1.807) is 32.4 Å². The molecule has 166 valence electrons. The molecule has 0 aliphatic carbocycles. The molecule has 0 saturated heterocycles. The number of benzene rings is 2. The molecule has 3 N–H and O–H groups in total. The molecule has 0 aromatic heterocycles. The Labute approximate surface area is 180 Å². The molecule has 1 aliphatic rings. The van der Waals surface area contributed by atoms with Gasteiger partial charge in [-0.15, -0.1) is 0 Å². The molecule has 9 nitrogen and oxygen atoms in total. The Hall–Kier alpha value is -3.59. The van der Waals surface area contributed by atoms with Crippen molar-refractivity contribution in [1.82, 2.24) is 4.90 Å². The third kappa shape index (κ3) is 7.31. The lowest BCUT2D eigenvalue weighted by atomic mass is 10.00. The van der Waals surface area contributed by atoms with E-state index in [2.05, 4.69) is 34.5 Å². The molecular weight excluding hydrogens is 404 g/mol. The van der Waals surface area contributed by atoms with E-state index < -0.39 is 11.9 Å². The number of ether oxygens (including phenoxy) is 2. The number of anilines is 1. The minimum Gasteiger partial charge on any atom is -0.497 e. The second kappa shape index (κ2) is 11.6. The zero-order valence-corrected chi connectivity index (χ0v) is 17.5. The summed E-state index contributed by atoms with van der Waals surface area (Å²) >= 11 is 0. The number of hydrogen-bond donors (Lipinski definition) is 3. The fourth-order valence-electron chi connectivity index (χ4n) is 3.13. The minimum absolute atomic E-state index is 0.0228. The molecule has 0 spiro atoms. The van der Waals surface area contributed by atoms with Crippen molar-refractivity contribution in [2.24, 2.45) is 0 Å². The van der Waals surface area contributed by atoms with Gasteiger partial charge in [-0.2, -0.15) is 0 Å². The van der Waals surface area contributed by atoms with Crippen LogP contribution in [0, 0.1) is 0 Å². The second-order valence-corrected chi connectivity index (χ2v) is 6.77. The number of amides is 1. The standard InChI is InChI=1S/C20H24N2O3.C2H2O4/c1-24-17-7-8-19(25-2)18(13-17)21-20(23)10-12-22-11-9-15-5-3-4-6-16(15)14-22;3-1(4)2(5)6/h3-8,13H,9-12,14H2,1-2H3,(H,21,23);(H,3,4)(H,5,6). The Morgan fingerprint density at radius 3 is 2.29 bits per heavy atom. The van der Waals surface area contributed by atoms with Crippen LogP contribution in [0.4, 0.5) is 5.69 Å². The van der Waals surface area contributed by atoms with Gasteiger partial charge in [-0.3, -0.25) is 9.69 Å². The first-order chi connectivity index (χ1) is 14.8. The van der Waals surface area contributed by atoms with Crippen LogP contribution in [0.1, 0.15) is 17.5 Å². The van der Waals surface area contributed by atoms with E-state index in [9.17, 15) is 4.79 Å². The molecule has 3 rings (SSSR count). The summed E-state index contributed by atoms with van der Waals surface area (Å²) in [5, 5.41) is 17.7. The number of carboxylic acids is 2. The first-order valence-electron chi connectivity index (χ1n) is 9.61. The largest absolute Gasteiger partial charge is 0.497 e. The van der Waals surface area contributed by atoms with Gasteiger partial charge in [0.2, 0.25) is 5.91 Å². The number of fused-ring (bicyclic) bond motifs is 1. The topological polar surface area (TPSA) is 125 Å². The highest BCUT2D eigenvalue weighted by Gasteiger charge is 2.17. The maximum absolute atomic E-state index is 12.3. The third-order valence-electron chi connectivity index (χ3n) is 4.73. The first-order valence-corrected chi connectivity index (χ1v) is 9.61. The van der Waals surface area contributed by atoms with Crippen molar-refractivity contribution in [3.05, 3.63) is 53.6 Å². The molecule has 0 atom stereocenters. The highest BCUT2D eigenvalue weighted by molar-refractivity contribution is 6.27. The van der Waals surface area contributed by atoms with Crippen LogP contribution >= 0.6 is 0 Å². The monoisotopic (exact) mass is 430 g/mol. The normalized spacial score (nSPS) is 12.6. The fraction of sp³-hybridized carbons (Fsp3) is 0.318. The van der Waals surface area contributed by atoms with E-state index in [-0.39, 0.29) is 5.91 Å². The number of carboxylic acid groups (broad SMARTS) is 2. The van der Waals surface area contributed by atoms with Crippen molar-refractivity contribution in [2.45, 2.75) is 19.4 Å². The van der Waals surface area contributed by atoms with E-state index in [4.69, 9.17) is 29.3 Å². The molecule has 2 aromatic rings. The predicted octanol–water partition coefficient (Wildman–Crippen LogP) is 2.25. The molecule has 9 heteroatoms. The number of aliphatic carboxylic acids is 2. The van der Waals surface area contributed by atoms with Gasteiger partial charge in [-0.05, 0) is 29.7 Å². The molecule has 31 heavy (non-hydrogen) atoms. The summed E-state index contributed by atoms with van der Waals surface area (Å²) in [6.45, 7) is 2.64. The van der Waals surface area contributed by atoms with Crippen LogP contribution in [-0.4, -0.2) is 60.3 Å². The average Bonchev–Trinajstić information content (AvgIpc) is 2.77. The maximum Gasteiger partial charge on any atom is 0.414 e. The molecule has 1 amide bonds. The Morgan fingerprint density at radius 1 is 1.00 bits per heavy atom. The number of hydrogen-bond acceptors (Lipinski definition) is 6. The molecule has 0 radical (unpaired) electrons. The summed E-state index contributed by atoms with van der Waals surface area (Å²) in [5.74, 6) is -2.36. The molecule has 0 bridgehead atoms. The van der Waals surface area contributed by atoms with E-state index in [1.165, 1.54) is 11.1 Å². The van der Waals surface area contributed by atoms with Gasteiger partial charge in [-0.25, -0.2) is 9.59 Å². The van der Waals surface area contributed by atoms with Crippen LogP contribution in [0.3, 0.4) is 0 Å². The number of nitrogens with one attached hydrogen (secondary N) is 1. The van der Waals surface area contributed by atoms with Gasteiger partial charge in [0, 0.05) is 32.1 Å². The lowest BCUT2D eigenvalue weighted by molar-refractivity contribution is -0.159. The Morgan fingerprint density at radius 2 is 1.68 bits per heavy atom. The predicted molar refractivity (Wildman–Crippen MR) is 113 cm³/mol. The zero-order chi connectivity index (χ0) is 22.8. The molecule has 0 saturated carbocycles. The van der Waals surface area contributed by atoms with Gasteiger partial charge in [0.25, 0.3) is 0 Å². The number of carbonyl (C=O) groups is 3. The number of nitrogens with zero attached hydrogens (tertiary/aromatic N) is 1. The van der Waals surface area contributed by atoms with E-state index >= 15 is 0 Å². The zero-order valence-electron chi connectivity index (χ0n) is 17.5. The SMILES string of the molecule is COc1ccc(OC)c(NC(=O)CCN2CCc3ccccc3C2)c1.O=C(O)C(=O)O. The Bertz CT molecular complexity index is 918. The summed E-state index contributed by atoms with van der Waals surface area (Å²) < 4.78 is 10.5. The summed E-state index contributed by atoms with van der Waals surface area (Å²) in [6, 6.07) is 13.9. The van der Waals surface area contributed by atoms with Crippen molar-refractivity contribution in [1.29, 1.82) is 0 Å². The van der Waals surface area contributed by atoms with Crippen molar-refractivity contribution in [2.75, 3.05) is 32.6 Å². The van der Waals surface area contributed by atoms with E-state index in [0.717, 1.165) is 26.1 Å². The first kappa shape index (κ1) is 23.7. The molecular formula is C22H26N2O7. The van der Waals surface area contributed by atoms with Crippen molar-refractivity contribution in [3.63, 3.8) is 0 Å². The van der Waals surface area contributed by atoms with Crippen molar-refractivity contribution >= 4 is 23.5 Å². The van der Waals surface area contributed by atoms with Gasteiger partial charge in [0.15, 0.2) is 0 Å². The fourth-order valence-corrected chi connectivity index (χ4v) is 3.13. The molecule has 0 unspecified atom stereocenters. The molecule has 1 aliphatic heterocycles. The average molecular weight is 430 g/mol. The highest BCUT2D eigenvalue weighted by atomic mass is 16.5. The third-order valence-corrected chi connectivity index (χ3v) is 4.73. The molecule has 0 fully saturated rings. The van der Waals surface area contributed by atoms with Crippen molar-refractivity contribution in [3.8, 4) is 11.5 Å².